The van der Waals surface area contributed by atoms with Crippen LogP contribution in [0, 0.1) is 0 Å². The molecule has 0 spiro atoms. The van der Waals surface area contributed by atoms with E-state index in [0.717, 1.165) is 23.4 Å². The molecule has 2 heterocycles. The molecule has 1 aliphatic heterocycles. The van der Waals surface area contributed by atoms with E-state index in [-0.39, 0.29) is 6.04 Å². The Morgan fingerprint density at radius 2 is 1.47 bits per heavy atom. The highest BCUT2D eigenvalue weighted by molar-refractivity contribution is 6.03. The molecule has 0 radical (unpaired) electrons. The third-order valence-corrected chi connectivity index (χ3v) is 5.11. The van der Waals surface area contributed by atoms with Crippen molar-refractivity contribution in [1.29, 1.82) is 0 Å². The first-order valence-electron chi connectivity index (χ1n) is 9.83. The van der Waals surface area contributed by atoms with E-state index in [1.54, 1.807) is 23.5 Å². The number of hydrogen-bond donors (Lipinski definition) is 0. The van der Waals surface area contributed by atoms with Crippen molar-refractivity contribution in [3.8, 4) is 0 Å². The zero-order valence-electron chi connectivity index (χ0n) is 16.3. The molecular weight excluding hydrogens is 372 g/mol. The smallest absolute Gasteiger partial charge is 0.141 e. The minimum Gasteiger partial charge on any atom is -0.257 e. The molecule has 6 nitrogen and oxygen atoms in total. The second kappa shape index (κ2) is 8.13. The normalized spacial score (nSPS) is 16.2. The summed E-state index contributed by atoms with van der Waals surface area (Å²) in [5, 5.41) is 18.9. The summed E-state index contributed by atoms with van der Waals surface area (Å²) in [6, 6.07) is 29.4. The first-order valence-corrected chi connectivity index (χ1v) is 9.83. The SMILES string of the molecule is C(=N/n1cnnc1)/c1ccc(N2N=C(c3ccccc3)C[C@H]2c2ccccc2)cc1. The first-order chi connectivity index (χ1) is 14.9. The summed E-state index contributed by atoms with van der Waals surface area (Å²) in [6.07, 6.45) is 5.76. The van der Waals surface area contributed by atoms with Crippen molar-refractivity contribution >= 4 is 17.6 Å². The standard InChI is InChI=1S/C24H20N6/c1-3-7-20(8-4-1)23-15-24(21-9-5-2-6-10-21)30(28-23)22-13-11-19(12-14-22)16-27-29-17-25-26-18-29/h1-14,16-18,24H,15H2/b27-16-/t24-/m0/s1. The van der Waals surface area contributed by atoms with Gasteiger partial charge in [0.05, 0.1) is 23.7 Å². The summed E-state index contributed by atoms with van der Waals surface area (Å²) in [4.78, 5) is 0. The minimum absolute atomic E-state index is 0.165. The number of hydrogen-bond acceptors (Lipinski definition) is 5. The fraction of sp³-hybridized carbons (Fsp3) is 0.0833. The summed E-state index contributed by atoms with van der Waals surface area (Å²) in [5.41, 5.74) is 5.57. The van der Waals surface area contributed by atoms with Gasteiger partial charge < -0.3 is 0 Å². The van der Waals surface area contributed by atoms with E-state index in [9.17, 15) is 0 Å². The van der Waals surface area contributed by atoms with Crippen LogP contribution in [0.15, 0.2) is 108 Å². The Balaban J connectivity index is 1.45. The van der Waals surface area contributed by atoms with Crippen LogP contribution in [0.5, 0.6) is 0 Å². The zero-order valence-corrected chi connectivity index (χ0v) is 16.3. The number of nitrogens with zero attached hydrogens (tertiary/aromatic N) is 6. The molecule has 3 aromatic carbocycles. The van der Waals surface area contributed by atoms with Gasteiger partial charge in [-0.25, -0.2) is 4.68 Å². The van der Waals surface area contributed by atoms with Gasteiger partial charge in [-0.05, 0) is 28.8 Å². The van der Waals surface area contributed by atoms with Gasteiger partial charge in [0.1, 0.15) is 12.7 Å². The van der Waals surface area contributed by atoms with Gasteiger partial charge in [-0.1, -0.05) is 72.8 Å². The molecular formula is C24H20N6. The highest BCUT2D eigenvalue weighted by Crippen LogP contribution is 2.36. The Morgan fingerprint density at radius 3 is 2.17 bits per heavy atom. The van der Waals surface area contributed by atoms with Gasteiger partial charge in [-0.3, -0.25) is 5.01 Å². The number of benzene rings is 3. The van der Waals surface area contributed by atoms with E-state index in [0.29, 0.717) is 0 Å². The topological polar surface area (TPSA) is 58.7 Å². The quantitative estimate of drug-likeness (QED) is 0.469. The monoisotopic (exact) mass is 392 g/mol. The molecule has 6 heteroatoms. The van der Waals surface area contributed by atoms with E-state index in [1.807, 2.05) is 24.3 Å². The second-order valence-corrected chi connectivity index (χ2v) is 7.07. The Morgan fingerprint density at radius 1 is 0.800 bits per heavy atom. The number of hydrazone groups is 1. The van der Waals surface area contributed by atoms with Crippen molar-refractivity contribution in [2.45, 2.75) is 12.5 Å². The van der Waals surface area contributed by atoms with Crippen molar-refractivity contribution < 1.29 is 0 Å². The van der Waals surface area contributed by atoms with E-state index in [4.69, 9.17) is 5.10 Å². The van der Waals surface area contributed by atoms with Crippen molar-refractivity contribution in [3.63, 3.8) is 0 Å². The maximum Gasteiger partial charge on any atom is 0.141 e. The molecule has 0 fully saturated rings. The molecule has 1 aliphatic rings. The van der Waals surface area contributed by atoms with Crippen molar-refractivity contribution in [1.82, 2.24) is 14.9 Å². The van der Waals surface area contributed by atoms with Crippen LogP contribution in [-0.2, 0) is 0 Å². The number of aromatic nitrogens is 3. The maximum absolute atomic E-state index is 5.00. The van der Waals surface area contributed by atoms with Gasteiger partial charge in [0.15, 0.2) is 0 Å². The van der Waals surface area contributed by atoms with Gasteiger partial charge in [0.2, 0.25) is 0 Å². The predicted molar refractivity (Wildman–Crippen MR) is 119 cm³/mol. The van der Waals surface area contributed by atoms with Crippen LogP contribution < -0.4 is 5.01 Å². The molecule has 4 aromatic rings. The van der Waals surface area contributed by atoms with Gasteiger partial charge in [0.25, 0.3) is 0 Å². The van der Waals surface area contributed by atoms with Crippen LogP contribution in [0.2, 0.25) is 0 Å². The third kappa shape index (κ3) is 3.75. The highest BCUT2D eigenvalue weighted by Gasteiger charge is 2.29. The molecule has 30 heavy (non-hydrogen) atoms. The van der Waals surface area contributed by atoms with Gasteiger partial charge in [-0.15, -0.1) is 10.2 Å². The molecule has 0 amide bonds. The molecule has 146 valence electrons. The van der Waals surface area contributed by atoms with Crippen molar-refractivity contribution in [2.75, 3.05) is 5.01 Å². The molecule has 0 unspecified atom stereocenters. The summed E-state index contributed by atoms with van der Waals surface area (Å²) in [6.45, 7) is 0. The Kier molecular flexibility index (Phi) is 4.88. The average Bonchev–Trinajstić information content (AvgIpc) is 3.50. The fourth-order valence-corrected chi connectivity index (χ4v) is 3.59. The van der Waals surface area contributed by atoms with E-state index in [2.05, 4.69) is 81.0 Å². The van der Waals surface area contributed by atoms with Crippen LogP contribution >= 0.6 is 0 Å². The van der Waals surface area contributed by atoms with Crippen LogP contribution in [0.3, 0.4) is 0 Å². The molecule has 0 bridgehead atoms. The molecule has 1 atom stereocenters. The summed E-state index contributed by atoms with van der Waals surface area (Å²) in [5.74, 6) is 0. The molecule has 0 saturated heterocycles. The first kappa shape index (κ1) is 18.0. The van der Waals surface area contributed by atoms with E-state index < -0.39 is 0 Å². The predicted octanol–water partition coefficient (Wildman–Crippen LogP) is 4.52. The number of rotatable bonds is 5. The lowest BCUT2D eigenvalue weighted by Crippen LogP contribution is -2.18. The van der Waals surface area contributed by atoms with Gasteiger partial charge in [0, 0.05) is 6.42 Å². The average molecular weight is 392 g/mol. The molecule has 0 aliphatic carbocycles. The second-order valence-electron chi connectivity index (χ2n) is 7.07. The van der Waals surface area contributed by atoms with Crippen LogP contribution in [0.4, 0.5) is 5.69 Å². The van der Waals surface area contributed by atoms with Gasteiger partial charge in [-0.2, -0.15) is 10.2 Å². The van der Waals surface area contributed by atoms with Crippen LogP contribution in [-0.4, -0.2) is 26.8 Å². The minimum atomic E-state index is 0.165. The third-order valence-electron chi connectivity index (χ3n) is 5.11. The summed E-state index contributed by atoms with van der Waals surface area (Å²) in [7, 11) is 0. The van der Waals surface area contributed by atoms with Gasteiger partial charge >= 0.3 is 0 Å². The summed E-state index contributed by atoms with van der Waals surface area (Å²) >= 11 is 0. The lowest BCUT2D eigenvalue weighted by molar-refractivity contribution is 0.709. The molecule has 0 saturated carbocycles. The molecule has 1 aromatic heterocycles. The number of anilines is 1. The Bertz CT molecular complexity index is 1150. The zero-order chi connectivity index (χ0) is 20.2. The summed E-state index contributed by atoms with van der Waals surface area (Å²) < 4.78 is 1.57. The largest absolute Gasteiger partial charge is 0.257 e. The lowest BCUT2D eigenvalue weighted by Gasteiger charge is -2.24. The highest BCUT2D eigenvalue weighted by atomic mass is 15.5. The lowest BCUT2D eigenvalue weighted by atomic mass is 9.98. The van der Waals surface area contributed by atoms with E-state index in [1.165, 1.54) is 11.1 Å². The molecule has 0 N–H and O–H groups in total. The Hall–Kier alpha value is -4.06. The Labute approximate surface area is 174 Å². The van der Waals surface area contributed by atoms with E-state index >= 15 is 0 Å². The molecule has 5 rings (SSSR count). The van der Waals surface area contributed by atoms with Crippen molar-refractivity contribution in [3.05, 3.63) is 114 Å². The fourth-order valence-electron chi connectivity index (χ4n) is 3.59. The maximum atomic E-state index is 5.00. The van der Waals surface area contributed by atoms with Crippen LogP contribution in [0.25, 0.3) is 0 Å². The van der Waals surface area contributed by atoms with Crippen LogP contribution in [0.1, 0.15) is 29.2 Å². The van der Waals surface area contributed by atoms with Crippen molar-refractivity contribution in [2.24, 2.45) is 10.2 Å².